The molecule has 0 saturated carbocycles. The highest BCUT2D eigenvalue weighted by Gasteiger charge is 2.17. The monoisotopic (exact) mass is 432 g/mol. The van der Waals surface area contributed by atoms with Crippen LogP contribution in [0.1, 0.15) is 23.7 Å². The van der Waals surface area contributed by atoms with E-state index in [1.807, 2.05) is 6.92 Å². The van der Waals surface area contributed by atoms with Gasteiger partial charge in [0, 0.05) is 11.6 Å². The lowest BCUT2D eigenvalue weighted by atomic mass is 10.1. The Hall–Kier alpha value is -2.51. The average Bonchev–Trinajstić information content (AvgIpc) is 2.73. The third-order valence-electron chi connectivity index (χ3n) is 4.37. The summed E-state index contributed by atoms with van der Waals surface area (Å²) in [5, 5.41) is 1.50. The van der Waals surface area contributed by atoms with Gasteiger partial charge in [0.2, 0.25) is 0 Å². The standard InChI is InChI=1S/C21H21ClN2O4S/c1-4-9-24-20(26)15-7-5-13(22)10-17(15)23-21(24)29-12-18(25)16-11-14(27-2)6-8-19(16)28-3/h5-8,10-11H,4,9,12H2,1-3H3. The zero-order valence-electron chi connectivity index (χ0n) is 16.4. The number of aromatic nitrogens is 2. The Bertz CT molecular complexity index is 1110. The molecule has 0 radical (unpaired) electrons. The van der Waals surface area contributed by atoms with Crippen LogP contribution in [0.25, 0.3) is 10.9 Å². The van der Waals surface area contributed by atoms with Gasteiger partial charge in [-0.05, 0) is 42.8 Å². The first-order chi connectivity index (χ1) is 14.0. The van der Waals surface area contributed by atoms with Crippen molar-refractivity contribution in [2.75, 3.05) is 20.0 Å². The zero-order chi connectivity index (χ0) is 21.0. The van der Waals surface area contributed by atoms with Crippen LogP contribution in [0.5, 0.6) is 11.5 Å². The third-order valence-corrected chi connectivity index (χ3v) is 5.58. The van der Waals surface area contributed by atoms with Gasteiger partial charge < -0.3 is 9.47 Å². The fourth-order valence-corrected chi connectivity index (χ4v) is 4.02. The molecule has 29 heavy (non-hydrogen) atoms. The van der Waals surface area contributed by atoms with Gasteiger partial charge in [0.15, 0.2) is 10.9 Å². The van der Waals surface area contributed by atoms with E-state index in [1.165, 1.54) is 18.9 Å². The number of ketones is 1. The van der Waals surface area contributed by atoms with Crippen molar-refractivity contribution in [1.82, 2.24) is 9.55 Å². The average molecular weight is 433 g/mol. The van der Waals surface area contributed by atoms with Crippen LogP contribution in [0.2, 0.25) is 5.02 Å². The molecule has 0 atom stereocenters. The molecule has 0 aliphatic rings. The first-order valence-electron chi connectivity index (χ1n) is 9.06. The van der Waals surface area contributed by atoms with Gasteiger partial charge in [0.25, 0.3) is 5.56 Å². The van der Waals surface area contributed by atoms with Crippen LogP contribution in [0.4, 0.5) is 0 Å². The van der Waals surface area contributed by atoms with Gasteiger partial charge >= 0.3 is 0 Å². The minimum absolute atomic E-state index is 0.103. The third kappa shape index (κ3) is 4.57. The van der Waals surface area contributed by atoms with E-state index >= 15 is 0 Å². The molecule has 6 nitrogen and oxygen atoms in total. The molecule has 0 saturated heterocycles. The van der Waals surface area contributed by atoms with Crippen molar-refractivity contribution in [2.45, 2.75) is 25.0 Å². The van der Waals surface area contributed by atoms with E-state index < -0.39 is 0 Å². The molecule has 152 valence electrons. The van der Waals surface area contributed by atoms with Crippen molar-refractivity contribution in [1.29, 1.82) is 0 Å². The van der Waals surface area contributed by atoms with E-state index in [-0.39, 0.29) is 17.1 Å². The number of nitrogens with zero attached hydrogens (tertiary/aromatic N) is 2. The van der Waals surface area contributed by atoms with Crippen LogP contribution in [-0.2, 0) is 6.54 Å². The lowest BCUT2D eigenvalue weighted by molar-refractivity contribution is 0.101. The lowest BCUT2D eigenvalue weighted by Crippen LogP contribution is -2.23. The summed E-state index contributed by atoms with van der Waals surface area (Å²) in [5.74, 6) is 1.00. The molecule has 3 rings (SSSR count). The Morgan fingerprint density at radius 3 is 2.66 bits per heavy atom. The van der Waals surface area contributed by atoms with E-state index in [2.05, 4.69) is 4.98 Å². The van der Waals surface area contributed by atoms with Gasteiger partial charge in [-0.3, -0.25) is 14.2 Å². The molecule has 2 aromatic carbocycles. The lowest BCUT2D eigenvalue weighted by Gasteiger charge is -2.13. The van der Waals surface area contributed by atoms with Crippen molar-refractivity contribution in [2.24, 2.45) is 0 Å². The van der Waals surface area contributed by atoms with Crippen LogP contribution in [0, 0.1) is 0 Å². The van der Waals surface area contributed by atoms with E-state index in [0.717, 1.165) is 6.42 Å². The number of halogens is 1. The molecule has 1 heterocycles. The molecule has 0 aliphatic heterocycles. The second-order valence-corrected chi connectivity index (χ2v) is 7.67. The first-order valence-corrected chi connectivity index (χ1v) is 10.4. The number of rotatable bonds is 8. The minimum atomic E-state index is -0.144. The molecule has 0 amide bonds. The summed E-state index contributed by atoms with van der Waals surface area (Å²) in [5.41, 5.74) is 0.804. The maximum Gasteiger partial charge on any atom is 0.262 e. The number of thioether (sulfide) groups is 1. The maximum atomic E-state index is 12.9. The van der Waals surface area contributed by atoms with Gasteiger partial charge in [0.05, 0.1) is 36.4 Å². The van der Waals surface area contributed by atoms with Crippen molar-refractivity contribution in [3.05, 3.63) is 57.3 Å². The van der Waals surface area contributed by atoms with Crippen LogP contribution < -0.4 is 15.0 Å². The molecule has 0 fully saturated rings. The quantitative estimate of drug-likeness (QED) is 0.297. The molecular weight excluding hydrogens is 412 g/mol. The SMILES string of the molecule is CCCn1c(SCC(=O)c2cc(OC)ccc2OC)nc2cc(Cl)ccc2c1=O. The van der Waals surface area contributed by atoms with Gasteiger partial charge in [-0.15, -0.1) is 0 Å². The number of Topliss-reactive ketones (excluding diaryl/α,β-unsaturated/α-hetero) is 1. The molecule has 1 aromatic heterocycles. The van der Waals surface area contributed by atoms with Crippen LogP contribution in [0.3, 0.4) is 0 Å². The number of carbonyl (C=O) groups is 1. The number of methoxy groups -OCH3 is 2. The van der Waals surface area contributed by atoms with Gasteiger partial charge in [-0.2, -0.15) is 0 Å². The summed E-state index contributed by atoms with van der Waals surface area (Å²) in [6.45, 7) is 2.50. The molecule has 0 spiro atoms. The fraction of sp³-hybridized carbons (Fsp3) is 0.286. The van der Waals surface area contributed by atoms with Gasteiger partial charge in [-0.1, -0.05) is 30.3 Å². The van der Waals surface area contributed by atoms with E-state index in [4.69, 9.17) is 21.1 Å². The number of hydrogen-bond donors (Lipinski definition) is 0. The van der Waals surface area contributed by atoms with Gasteiger partial charge in [0.1, 0.15) is 11.5 Å². The summed E-state index contributed by atoms with van der Waals surface area (Å²) >= 11 is 7.28. The molecule has 0 aliphatic carbocycles. The van der Waals surface area contributed by atoms with Crippen molar-refractivity contribution in [3.8, 4) is 11.5 Å². The molecule has 0 N–H and O–H groups in total. The van der Waals surface area contributed by atoms with E-state index in [9.17, 15) is 9.59 Å². The second-order valence-electron chi connectivity index (χ2n) is 6.29. The van der Waals surface area contributed by atoms with Crippen molar-refractivity contribution in [3.63, 3.8) is 0 Å². The number of carbonyl (C=O) groups excluding carboxylic acids is 1. The highest BCUT2D eigenvalue weighted by molar-refractivity contribution is 7.99. The smallest absolute Gasteiger partial charge is 0.262 e. The zero-order valence-corrected chi connectivity index (χ0v) is 18.0. The second kappa shape index (κ2) is 9.33. The fourth-order valence-electron chi connectivity index (χ4n) is 2.94. The molecule has 3 aromatic rings. The molecule has 0 bridgehead atoms. The number of hydrogen-bond acceptors (Lipinski definition) is 6. The summed E-state index contributed by atoms with van der Waals surface area (Å²) in [7, 11) is 3.05. The topological polar surface area (TPSA) is 70.4 Å². The van der Waals surface area contributed by atoms with Crippen LogP contribution >= 0.6 is 23.4 Å². The van der Waals surface area contributed by atoms with Crippen LogP contribution in [-0.4, -0.2) is 35.3 Å². The maximum absolute atomic E-state index is 12.9. The summed E-state index contributed by atoms with van der Waals surface area (Å²) in [6.07, 6.45) is 0.770. The van der Waals surface area contributed by atoms with Crippen molar-refractivity contribution < 1.29 is 14.3 Å². The first kappa shape index (κ1) is 21.2. The Balaban J connectivity index is 1.95. The number of benzene rings is 2. The predicted octanol–water partition coefficient (Wildman–Crippen LogP) is 4.45. The largest absolute Gasteiger partial charge is 0.497 e. The number of fused-ring (bicyclic) bond motifs is 1. The van der Waals surface area contributed by atoms with Gasteiger partial charge in [-0.25, -0.2) is 4.98 Å². The highest BCUT2D eigenvalue weighted by atomic mass is 35.5. The molecule has 0 unspecified atom stereocenters. The van der Waals surface area contributed by atoms with Crippen LogP contribution in [0.15, 0.2) is 46.3 Å². The Kier molecular flexibility index (Phi) is 6.82. The summed E-state index contributed by atoms with van der Waals surface area (Å²) < 4.78 is 12.1. The van der Waals surface area contributed by atoms with Crippen molar-refractivity contribution >= 4 is 40.0 Å². The number of ether oxygens (including phenoxy) is 2. The summed E-state index contributed by atoms with van der Waals surface area (Å²) in [6, 6.07) is 10.1. The van der Waals surface area contributed by atoms with E-state index in [1.54, 1.807) is 48.1 Å². The summed E-state index contributed by atoms with van der Waals surface area (Å²) in [4.78, 5) is 30.3. The highest BCUT2D eigenvalue weighted by Crippen LogP contribution is 2.27. The molecule has 8 heteroatoms. The normalized spacial score (nSPS) is 10.9. The molecular formula is C21H21ClN2O4S. The predicted molar refractivity (Wildman–Crippen MR) is 116 cm³/mol. The Labute approximate surface area is 177 Å². The Morgan fingerprint density at radius 1 is 1.17 bits per heavy atom. The Morgan fingerprint density at radius 2 is 1.97 bits per heavy atom. The van der Waals surface area contributed by atoms with E-state index in [0.29, 0.717) is 44.7 Å². The minimum Gasteiger partial charge on any atom is -0.497 e.